The van der Waals surface area contributed by atoms with Crippen LogP contribution >= 0.6 is 11.3 Å². The van der Waals surface area contributed by atoms with Crippen molar-refractivity contribution in [1.29, 1.82) is 0 Å². The topological polar surface area (TPSA) is 87.3 Å². The van der Waals surface area contributed by atoms with Crippen molar-refractivity contribution in [2.45, 2.75) is 13.1 Å². The number of thiophene rings is 1. The molecule has 0 fully saturated rings. The lowest BCUT2D eigenvalue weighted by Gasteiger charge is -2.20. The number of amides is 2. The fourth-order valence-corrected chi connectivity index (χ4v) is 3.19. The number of hydrogen-bond acceptors (Lipinski definition) is 5. The highest BCUT2D eigenvalue weighted by atomic mass is 32.1. The van der Waals surface area contributed by atoms with Crippen LogP contribution in [-0.2, 0) is 4.79 Å². The minimum atomic E-state index is -0.941. The van der Waals surface area contributed by atoms with E-state index in [1.807, 2.05) is 6.07 Å². The van der Waals surface area contributed by atoms with Gasteiger partial charge in [0.25, 0.3) is 5.91 Å². The summed E-state index contributed by atoms with van der Waals surface area (Å²) in [5.41, 5.74) is 1.77. The van der Waals surface area contributed by atoms with Crippen LogP contribution in [0.3, 0.4) is 0 Å². The summed E-state index contributed by atoms with van der Waals surface area (Å²) in [6.07, 6.45) is -0.941. The third-order valence-electron chi connectivity index (χ3n) is 3.86. The smallest absolute Gasteiger partial charge is 0.263 e. The molecule has 3 N–H and O–H groups in total. The Morgan fingerprint density at radius 2 is 1.54 bits per heavy atom. The molecule has 2 aromatic carbocycles. The van der Waals surface area contributed by atoms with Crippen molar-refractivity contribution >= 4 is 40.3 Å². The van der Waals surface area contributed by atoms with Crippen LogP contribution in [-0.4, -0.2) is 23.8 Å². The maximum Gasteiger partial charge on any atom is 0.263 e. The maximum absolute atomic E-state index is 12.9. The van der Waals surface area contributed by atoms with Crippen molar-refractivity contribution < 1.29 is 14.4 Å². The predicted molar refractivity (Wildman–Crippen MR) is 111 cm³/mol. The van der Waals surface area contributed by atoms with Crippen LogP contribution in [0.25, 0.3) is 0 Å². The second kappa shape index (κ2) is 8.96. The van der Waals surface area contributed by atoms with E-state index in [-0.39, 0.29) is 17.6 Å². The van der Waals surface area contributed by atoms with Gasteiger partial charge < -0.3 is 16.0 Å². The van der Waals surface area contributed by atoms with E-state index in [0.29, 0.717) is 21.8 Å². The highest BCUT2D eigenvalue weighted by Gasteiger charge is 2.23. The van der Waals surface area contributed by atoms with Crippen LogP contribution in [0, 0.1) is 0 Å². The molecule has 1 heterocycles. The van der Waals surface area contributed by atoms with Crippen LogP contribution in [0.5, 0.6) is 0 Å². The molecule has 6 nitrogen and oxygen atoms in total. The van der Waals surface area contributed by atoms with Gasteiger partial charge in [-0.15, -0.1) is 11.3 Å². The number of carbonyl (C=O) groups excluding carboxylic acids is 3. The number of benzene rings is 2. The van der Waals surface area contributed by atoms with Crippen LogP contribution in [0.4, 0.5) is 11.4 Å². The zero-order valence-corrected chi connectivity index (χ0v) is 16.0. The highest BCUT2D eigenvalue weighted by molar-refractivity contribution is 7.12. The van der Waals surface area contributed by atoms with E-state index in [0.717, 1.165) is 0 Å². The average Bonchev–Trinajstić information content (AvgIpc) is 3.23. The molecular formula is C21H19N3O3S. The van der Waals surface area contributed by atoms with Crippen molar-refractivity contribution in [2.75, 3.05) is 10.6 Å². The Bertz CT molecular complexity index is 954. The maximum atomic E-state index is 12.9. The number of ketones is 1. The summed E-state index contributed by atoms with van der Waals surface area (Å²) < 4.78 is 0. The fourth-order valence-electron chi connectivity index (χ4n) is 2.57. The number of anilines is 2. The van der Waals surface area contributed by atoms with Crippen molar-refractivity contribution in [3.05, 3.63) is 82.6 Å². The third-order valence-corrected chi connectivity index (χ3v) is 4.73. The Morgan fingerprint density at radius 1 is 0.857 bits per heavy atom. The van der Waals surface area contributed by atoms with Crippen molar-refractivity contribution in [2.24, 2.45) is 0 Å². The van der Waals surface area contributed by atoms with Gasteiger partial charge in [-0.1, -0.05) is 36.4 Å². The van der Waals surface area contributed by atoms with Gasteiger partial charge in [0.15, 0.2) is 6.17 Å². The molecule has 0 aliphatic heterocycles. The van der Waals surface area contributed by atoms with E-state index >= 15 is 0 Å². The standard InChI is InChI=1S/C21H19N3O3S/c1-14(25)22-16-9-11-17(12-10-16)23-20(19(26)15-6-3-2-4-7-15)24-21(27)18-8-5-13-28-18/h2-13,20,23H,1H3,(H,22,25)(H,24,27). The molecule has 3 rings (SSSR count). The molecule has 2 amide bonds. The summed E-state index contributed by atoms with van der Waals surface area (Å²) in [5, 5.41) is 10.3. The van der Waals surface area contributed by atoms with Crippen LogP contribution in [0.2, 0.25) is 0 Å². The van der Waals surface area contributed by atoms with Gasteiger partial charge in [0, 0.05) is 23.9 Å². The molecular weight excluding hydrogens is 374 g/mol. The monoisotopic (exact) mass is 393 g/mol. The minimum absolute atomic E-state index is 0.166. The molecule has 7 heteroatoms. The molecule has 1 aromatic heterocycles. The Balaban J connectivity index is 1.80. The van der Waals surface area contributed by atoms with Gasteiger partial charge in [0.1, 0.15) is 0 Å². The van der Waals surface area contributed by atoms with Gasteiger partial charge in [-0.3, -0.25) is 14.4 Å². The van der Waals surface area contributed by atoms with Gasteiger partial charge in [0.05, 0.1) is 4.88 Å². The van der Waals surface area contributed by atoms with Gasteiger partial charge in [-0.25, -0.2) is 0 Å². The molecule has 1 unspecified atom stereocenters. The van der Waals surface area contributed by atoms with Crippen molar-refractivity contribution in [3.63, 3.8) is 0 Å². The van der Waals surface area contributed by atoms with E-state index in [2.05, 4.69) is 16.0 Å². The predicted octanol–water partition coefficient (Wildman–Crippen LogP) is 3.76. The Labute approximate surface area is 166 Å². The van der Waals surface area contributed by atoms with E-state index in [1.165, 1.54) is 18.3 Å². The van der Waals surface area contributed by atoms with E-state index in [1.54, 1.807) is 66.0 Å². The summed E-state index contributed by atoms with van der Waals surface area (Å²) >= 11 is 1.30. The van der Waals surface area contributed by atoms with Crippen LogP contribution in [0.1, 0.15) is 27.0 Å². The largest absolute Gasteiger partial charge is 0.359 e. The second-order valence-electron chi connectivity index (χ2n) is 6.02. The highest BCUT2D eigenvalue weighted by Crippen LogP contribution is 2.16. The first kappa shape index (κ1) is 19.3. The lowest BCUT2D eigenvalue weighted by atomic mass is 10.1. The normalized spacial score (nSPS) is 11.3. The van der Waals surface area contributed by atoms with E-state index < -0.39 is 6.17 Å². The first-order chi connectivity index (χ1) is 13.5. The number of carbonyl (C=O) groups is 3. The minimum Gasteiger partial charge on any atom is -0.359 e. The van der Waals surface area contributed by atoms with E-state index in [4.69, 9.17) is 0 Å². The number of hydrogen-bond donors (Lipinski definition) is 3. The lowest BCUT2D eigenvalue weighted by molar-refractivity contribution is -0.114. The molecule has 0 aliphatic rings. The molecule has 142 valence electrons. The summed E-state index contributed by atoms with van der Waals surface area (Å²) in [7, 11) is 0. The number of nitrogens with one attached hydrogen (secondary N) is 3. The molecule has 28 heavy (non-hydrogen) atoms. The Morgan fingerprint density at radius 3 is 2.14 bits per heavy atom. The molecule has 3 aromatic rings. The Kier molecular flexibility index (Phi) is 6.18. The third kappa shape index (κ3) is 5.05. The van der Waals surface area contributed by atoms with Gasteiger partial charge >= 0.3 is 0 Å². The Hall–Kier alpha value is -3.45. The summed E-state index contributed by atoms with van der Waals surface area (Å²) in [4.78, 5) is 37.1. The van der Waals surface area contributed by atoms with Gasteiger partial charge in [0.2, 0.25) is 11.7 Å². The summed E-state index contributed by atoms with van der Waals surface area (Å²) in [6, 6.07) is 19.1. The van der Waals surface area contributed by atoms with Crippen molar-refractivity contribution in [1.82, 2.24) is 5.32 Å². The molecule has 0 spiro atoms. The van der Waals surface area contributed by atoms with Gasteiger partial charge in [-0.2, -0.15) is 0 Å². The first-order valence-electron chi connectivity index (χ1n) is 8.61. The SMILES string of the molecule is CC(=O)Nc1ccc(NC(NC(=O)c2cccs2)C(=O)c2ccccc2)cc1. The molecule has 0 radical (unpaired) electrons. The average molecular weight is 393 g/mol. The van der Waals surface area contributed by atoms with Crippen LogP contribution < -0.4 is 16.0 Å². The summed E-state index contributed by atoms with van der Waals surface area (Å²) in [5.74, 6) is -0.746. The summed E-state index contributed by atoms with van der Waals surface area (Å²) in [6.45, 7) is 1.43. The quantitative estimate of drug-likeness (QED) is 0.421. The second-order valence-corrected chi connectivity index (χ2v) is 6.96. The van der Waals surface area contributed by atoms with Crippen LogP contribution in [0.15, 0.2) is 72.1 Å². The van der Waals surface area contributed by atoms with Crippen molar-refractivity contribution in [3.8, 4) is 0 Å². The number of Topliss-reactive ketones (excluding diaryl/α,β-unsaturated/α-hetero) is 1. The molecule has 0 aliphatic carbocycles. The molecule has 0 saturated carbocycles. The number of rotatable bonds is 7. The zero-order chi connectivity index (χ0) is 19.9. The molecule has 0 bridgehead atoms. The molecule has 1 atom stereocenters. The van der Waals surface area contributed by atoms with Gasteiger partial charge in [-0.05, 0) is 35.7 Å². The molecule has 0 saturated heterocycles. The first-order valence-corrected chi connectivity index (χ1v) is 9.49. The zero-order valence-electron chi connectivity index (χ0n) is 15.1. The van der Waals surface area contributed by atoms with E-state index in [9.17, 15) is 14.4 Å². The fraction of sp³-hybridized carbons (Fsp3) is 0.0952. The lowest BCUT2D eigenvalue weighted by Crippen LogP contribution is -2.46.